The number of ether oxygens (including phenoxy) is 1. The van der Waals surface area contributed by atoms with E-state index in [1.807, 2.05) is 18.2 Å². The summed E-state index contributed by atoms with van der Waals surface area (Å²) in [5.74, 6) is 0.0545. The van der Waals surface area contributed by atoms with Crippen molar-refractivity contribution in [2.24, 2.45) is 11.7 Å². The Labute approximate surface area is 151 Å². The van der Waals surface area contributed by atoms with Crippen LogP contribution in [-0.4, -0.2) is 25.0 Å². The van der Waals surface area contributed by atoms with Crippen molar-refractivity contribution in [2.75, 3.05) is 13.2 Å². The smallest absolute Gasteiger partial charge is 0.248 e. The van der Waals surface area contributed by atoms with E-state index < -0.39 is 5.91 Å². The van der Waals surface area contributed by atoms with Crippen molar-refractivity contribution >= 4 is 23.4 Å². The largest absolute Gasteiger partial charge is 0.492 e. The number of nitrogens with two attached hydrogens (primary N) is 1. The van der Waals surface area contributed by atoms with Gasteiger partial charge in [-0.1, -0.05) is 23.7 Å². The molecule has 1 atom stereocenters. The summed E-state index contributed by atoms with van der Waals surface area (Å²) in [5, 5.41) is 3.56. The van der Waals surface area contributed by atoms with E-state index in [9.17, 15) is 9.59 Å². The van der Waals surface area contributed by atoms with Gasteiger partial charge in [0.1, 0.15) is 12.4 Å². The maximum Gasteiger partial charge on any atom is 0.248 e. The van der Waals surface area contributed by atoms with E-state index in [4.69, 9.17) is 22.1 Å². The van der Waals surface area contributed by atoms with Gasteiger partial charge in [0.05, 0.1) is 5.92 Å². The second kappa shape index (κ2) is 7.57. The molecule has 0 spiro atoms. The Morgan fingerprint density at radius 2 is 2.08 bits per heavy atom. The van der Waals surface area contributed by atoms with Crippen LogP contribution in [0.25, 0.3) is 0 Å². The standard InChI is InChI=1S/C19H19ClN2O3/c20-16-4-5-17-14(10-16)9-15(11-25-17)19(24)22-7-6-12-2-1-3-13(8-12)18(21)23/h1-5,8,10,15H,6-7,9,11H2,(H2,21,23)(H,22,24). The number of rotatable bonds is 5. The van der Waals surface area contributed by atoms with Crippen molar-refractivity contribution in [1.82, 2.24) is 5.32 Å². The average Bonchev–Trinajstić information content (AvgIpc) is 2.61. The van der Waals surface area contributed by atoms with Gasteiger partial charge in [-0.25, -0.2) is 0 Å². The van der Waals surface area contributed by atoms with Crippen LogP contribution in [0.3, 0.4) is 0 Å². The molecule has 0 saturated carbocycles. The lowest BCUT2D eigenvalue weighted by Gasteiger charge is -2.24. The van der Waals surface area contributed by atoms with Crippen LogP contribution in [0.4, 0.5) is 0 Å². The first-order valence-electron chi connectivity index (χ1n) is 8.10. The molecule has 25 heavy (non-hydrogen) atoms. The van der Waals surface area contributed by atoms with E-state index in [0.29, 0.717) is 36.6 Å². The molecule has 1 aliphatic rings. The molecule has 0 saturated heterocycles. The highest BCUT2D eigenvalue weighted by molar-refractivity contribution is 6.30. The van der Waals surface area contributed by atoms with E-state index in [-0.39, 0.29) is 11.8 Å². The molecule has 130 valence electrons. The fourth-order valence-electron chi connectivity index (χ4n) is 2.89. The predicted octanol–water partition coefficient (Wildman–Crippen LogP) is 2.35. The van der Waals surface area contributed by atoms with E-state index >= 15 is 0 Å². The van der Waals surface area contributed by atoms with Crippen LogP contribution in [0.15, 0.2) is 42.5 Å². The highest BCUT2D eigenvalue weighted by atomic mass is 35.5. The summed E-state index contributed by atoms with van der Waals surface area (Å²) in [6.07, 6.45) is 1.24. The molecule has 3 rings (SSSR count). The number of primary amides is 1. The van der Waals surface area contributed by atoms with Crippen LogP contribution in [-0.2, 0) is 17.6 Å². The summed E-state index contributed by atoms with van der Waals surface area (Å²) in [6.45, 7) is 0.845. The second-order valence-electron chi connectivity index (χ2n) is 6.07. The highest BCUT2D eigenvalue weighted by Gasteiger charge is 2.25. The Bertz CT molecular complexity index is 807. The SMILES string of the molecule is NC(=O)c1cccc(CCNC(=O)C2COc3ccc(Cl)cc3C2)c1. The summed E-state index contributed by atoms with van der Waals surface area (Å²) in [5.41, 5.74) is 7.65. The number of benzene rings is 2. The molecular formula is C19H19ClN2O3. The molecule has 0 aromatic heterocycles. The molecule has 1 heterocycles. The number of amides is 2. The summed E-state index contributed by atoms with van der Waals surface area (Å²) in [7, 11) is 0. The summed E-state index contributed by atoms with van der Waals surface area (Å²) in [4.78, 5) is 23.6. The molecule has 2 amide bonds. The zero-order valence-electron chi connectivity index (χ0n) is 13.6. The Hall–Kier alpha value is -2.53. The normalized spacial score (nSPS) is 15.8. The minimum atomic E-state index is -0.456. The Morgan fingerprint density at radius 1 is 1.24 bits per heavy atom. The highest BCUT2D eigenvalue weighted by Crippen LogP contribution is 2.29. The second-order valence-corrected chi connectivity index (χ2v) is 6.51. The molecule has 0 fully saturated rings. The molecule has 5 nitrogen and oxygen atoms in total. The van der Waals surface area contributed by atoms with Gasteiger partial charge in [0.25, 0.3) is 0 Å². The molecule has 0 bridgehead atoms. The van der Waals surface area contributed by atoms with Crippen LogP contribution in [0.5, 0.6) is 5.75 Å². The third-order valence-electron chi connectivity index (χ3n) is 4.22. The lowest BCUT2D eigenvalue weighted by Crippen LogP contribution is -2.38. The van der Waals surface area contributed by atoms with Crippen molar-refractivity contribution in [2.45, 2.75) is 12.8 Å². The Morgan fingerprint density at radius 3 is 2.88 bits per heavy atom. The maximum atomic E-state index is 12.4. The number of hydrogen-bond acceptors (Lipinski definition) is 3. The Kier molecular flexibility index (Phi) is 5.24. The third kappa shape index (κ3) is 4.31. The quantitative estimate of drug-likeness (QED) is 0.860. The molecule has 0 aliphatic carbocycles. The number of nitrogens with one attached hydrogen (secondary N) is 1. The molecule has 1 unspecified atom stereocenters. The molecule has 2 aromatic rings. The lowest BCUT2D eigenvalue weighted by atomic mass is 9.96. The van der Waals surface area contributed by atoms with Gasteiger partial charge in [-0.3, -0.25) is 9.59 Å². The van der Waals surface area contributed by atoms with Gasteiger partial charge in [0.2, 0.25) is 11.8 Å². The molecule has 6 heteroatoms. The van der Waals surface area contributed by atoms with Crippen LogP contribution in [0.2, 0.25) is 5.02 Å². The summed E-state index contributed by atoms with van der Waals surface area (Å²) in [6, 6.07) is 12.6. The van der Waals surface area contributed by atoms with Crippen molar-refractivity contribution in [1.29, 1.82) is 0 Å². The molecular weight excluding hydrogens is 340 g/mol. The first kappa shape index (κ1) is 17.3. The zero-order chi connectivity index (χ0) is 17.8. The van der Waals surface area contributed by atoms with E-state index in [2.05, 4.69) is 5.32 Å². The monoisotopic (exact) mass is 358 g/mol. The summed E-state index contributed by atoms with van der Waals surface area (Å²) < 4.78 is 5.65. The van der Waals surface area contributed by atoms with Gasteiger partial charge < -0.3 is 15.8 Å². The molecule has 2 aromatic carbocycles. The first-order valence-corrected chi connectivity index (χ1v) is 8.48. The fraction of sp³-hybridized carbons (Fsp3) is 0.263. The predicted molar refractivity (Wildman–Crippen MR) is 95.8 cm³/mol. The van der Waals surface area contributed by atoms with Crippen LogP contribution in [0.1, 0.15) is 21.5 Å². The van der Waals surface area contributed by atoms with Crippen LogP contribution >= 0.6 is 11.6 Å². The maximum absolute atomic E-state index is 12.4. The van der Waals surface area contributed by atoms with Gasteiger partial charge in [-0.05, 0) is 54.3 Å². The number of halogens is 1. The van der Waals surface area contributed by atoms with Gasteiger partial charge in [0, 0.05) is 17.1 Å². The molecule has 3 N–H and O–H groups in total. The molecule has 1 aliphatic heterocycles. The van der Waals surface area contributed by atoms with E-state index in [0.717, 1.165) is 16.9 Å². The number of hydrogen-bond donors (Lipinski definition) is 2. The minimum Gasteiger partial charge on any atom is -0.492 e. The van der Waals surface area contributed by atoms with Gasteiger partial charge >= 0.3 is 0 Å². The van der Waals surface area contributed by atoms with Crippen LogP contribution in [0, 0.1) is 5.92 Å². The average molecular weight is 359 g/mol. The molecule has 0 radical (unpaired) electrons. The number of carbonyl (C=O) groups is 2. The van der Waals surface area contributed by atoms with Gasteiger partial charge in [0.15, 0.2) is 0 Å². The summed E-state index contributed by atoms with van der Waals surface area (Å²) >= 11 is 6.00. The first-order chi connectivity index (χ1) is 12.0. The topological polar surface area (TPSA) is 81.4 Å². The van der Waals surface area contributed by atoms with Crippen LogP contribution < -0.4 is 15.8 Å². The number of fused-ring (bicyclic) bond motifs is 1. The van der Waals surface area contributed by atoms with Crippen molar-refractivity contribution in [3.63, 3.8) is 0 Å². The third-order valence-corrected chi connectivity index (χ3v) is 4.46. The Balaban J connectivity index is 1.53. The fourth-order valence-corrected chi connectivity index (χ4v) is 3.08. The van der Waals surface area contributed by atoms with Gasteiger partial charge in [-0.15, -0.1) is 0 Å². The lowest BCUT2D eigenvalue weighted by molar-refractivity contribution is -0.126. The van der Waals surface area contributed by atoms with Crippen molar-refractivity contribution in [3.05, 3.63) is 64.2 Å². The number of carbonyl (C=O) groups excluding carboxylic acids is 2. The van der Waals surface area contributed by atoms with E-state index in [1.54, 1.807) is 24.3 Å². The minimum absolute atomic E-state index is 0.0447. The van der Waals surface area contributed by atoms with Gasteiger partial charge in [-0.2, -0.15) is 0 Å². The van der Waals surface area contributed by atoms with Crippen molar-refractivity contribution in [3.8, 4) is 5.75 Å². The van der Waals surface area contributed by atoms with Crippen molar-refractivity contribution < 1.29 is 14.3 Å². The zero-order valence-corrected chi connectivity index (χ0v) is 14.4. The van der Waals surface area contributed by atoms with E-state index in [1.165, 1.54) is 0 Å².